The lowest BCUT2D eigenvalue weighted by molar-refractivity contribution is 0.0950. The number of pyridine rings is 1. The highest BCUT2D eigenvalue weighted by molar-refractivity contribution is 5.94. The molecule has 0 saturated carbocycles. The summed E-state index contributed by atoms with van der Waals surface area (Å²) in [7, 11) is 0. The molecule has 2 aromatic heterocycles. The van der Waals surface area contributed by atoms with Crippen LogP contribution in [0.25, 0.3) is 5.69 Å². The molecule has 3 rings (SSSR count). The van der Waals surface area contributed by atoms with Gasteiger partial charge in [-0.15, -0.1) is 5.10 Å². The molecule has 0 aliphatic carbocycles. The van der Waals surface area contributed by atoms with Gasteiger partial charge in [-0.3, -0.25) is 9.78 Å². The average Bonchev–Trinajstić information content (AvgIpc) is 3.17. The number of nitrogens with one attached hydrogen (secondary N) is 1. The average molecular weight is 351 g/mol. The van der Waals surface area contributed by atoms with Crippen molar-refractivity contribution in [1.82, 2.24) is 25.3 Å². The summed E-state index contributed by atoms with van der Waals surface area (Å²) in [4.78, 5) is 16.3. The molecule has 1 amide bonds. The van der Waals surface area contributed by atoms with E-state index in [1.165, 1.54) is 0 Å². The van der Waals surface area contributed by atoms with Crippen molar-refractivity contribution in [2.75, 3.05) is 6.61 Å². The van der Waals surface area contributed by atoms with Crippen LogP contribution in [-0.2, 0) is 6.54 Å². The predicted octanol–water partition coefficient (Wildman–Crippen LogP) is 2.77. The van der Waals surface area contributed by atoms with E-state index < -0.39 is 0 Å². The minimum Gasteiger partial charge on any atom is -0.494 e. The maximum absolute atomic E-state index is 12.2. The molecule has 3 aromatic rings. The van der Waals surface area contributed by atoms with Crippen molar-refractivity contribution in [3.8, 4) is 11.4 Å². The van der Waals surface area contributed by atoms with Gasteiger partial charge in [0.2, 0.25) is 0 Å². The largest absolute Gasteiger partial charge is 0.494 e. The summed E-state index contributed by atoms with van der Waals surface area (Å²) >= 11 is 0. The van der Waals surface area contributed by atoms with Gasteiger partial charge in [-0.2, -0.15) is 0 Å². The molecule has 0 spiro atoms. The smallest absolute Gasteiger partial charge is 0.251 e. The first kappa shape index (κ1) is 17.6. The molecule has 0 atom stereocenters. The van der Waals surface area contributed by atoms with Crippen LogP contribution < -0.4 is 10.1 Å². The maximum Gasteiger partial charge on any atom is 0.251 e. The summed E-state index contributed by atoms with van der Waals surface area (Å²) in [5, 5.41) is 10.9. The molecule has 7 heteroatoms. The molecular weight excluding hydrogens is 330 g/mol. The van der Waals surface area contributed by atoms with Crippen molar-refractivity contribution < 1.29 is 9.53 Å². The van der Waals surface area contributed by atoms with E-state index >= 15 is 0 Å². The van der Waals surface area contributed by atoms with Crippen molar-refractivity contribution in [3.63, 3.8) is 0 Å². The van der Waals surface area contributed by atoms with Crippen LogP contribution in [0.5, 0.6) is 5.75 Å². The zero-order valence-electron chi connectivity index (χ0n) is 14.6. The molecule has 26 heavy (non-hydrogen) atoms. The number of hydrogen-bond acceptors (Lipinski definition) is 5. The summed E-state index contributed by atoms with van der Waals surface area (Å²) in [6, 6.07) is 10.8. The van der Waals surface area contributed by atoms with Gasteiger partial charge in [0.1, 0.15) is 11.4 Å². The summed E-state index contributed by atoms with van der Waals surface area (Å²) < 4.78 is 7.22. The fourth-order valence-corrected chi connectivity index (χ4v) is 2.30. The van der Waals surface area contributed by atoms with Crippen molar-refractivity contribution in [1.29, 1.82) is 0 Å². The Bertz CT molecular complexity index is 831. The Morgan fingerprint density at radius 3 is 2.81 bits per heavy atom. The lowest BCUT2D eigenvalue weighted by atomic mass is 10.2. The highest BCUT2D eigenvalue weighted by Crippen LogP contribution is 2.13. The molecule has 1 aromatic carbocycles. The highest BCUT2D eigenvalue weighted by atomic mass is 16.5. The molecule has 1 N–H and O–H groups in total. The second-order valence-corrected chi connectivity index (χ2v) is 5.77. The van der Waals surface area contributed by atoms with Gasteiger partial charge in [-0.1, -0.05) is 18.6 Å². The third-order valence-corrected chi connectivity index (χ3v) is 3.76. The van der Waals surface area contributed by atoms with Crippen molar-refractivity contribution >= 4 is 5.91 Å². The highest BCUT2D eigenvalue weighted by Gasteiger charge is 2.08. The van der Waals surface area contributed by atoms with Crippen LogP contribution in [0.4, 0.5) is 0 Å². The van der Waals surface area contributed by atoms with E-state index in [4.69, 9.17) is 4.74 Å². The molecule has 0 aliphatic heterocycles. The lowest BCUT2D eigenvalue weighted by Gasteiger charge is -2.07. The van der Waals surface area contributed by atoms with Crippen molar-refractivity contribution in [2.24, 2.45) is 0 Å². The van der Waals surface area contributed by atoms with E-state index in [1.807, 2.05) is 24.3 Å². The number of hydrogen-bond donors (Lipinski definition) is 1. The predicted molar refractivity (Wildman–Crippen MR) is 97.2 cm³/mol. The zero-order chi connectivity index (χ0) is 18.2. The van der Waals surface area contributed by atoms with Gasteiger partial charge in [0.05, 0.1) is 31.2 Å². The Morgan fingerprint density at radius 2 is 2.08 bits per heavy atom. The Hall–Kier alpha value is -3.22. The van der Waals surface area contributed by atoms with Crippen molar-refractivity contribution in [3.05, 3.63) is 66.2 Å². The van der Waals surface area contributed by atoms with Gasteiger partial charge in [-0.25, -0.2) is 4.68 Å². The number of carbonyl (C=O) groups excluding carboxylic acids is 1. The summed E-state index contributed by atoms with van der Waals surface area (Å²) in [6.45, 7) is 3.11. The number of ether oxygens (including phenoxy) is 1. The van der Waals surface area contributed by atoms with Gasteiger partial charge in [-0.05, 0) is 42.8 Å². The third-order valence-electron chi connectivity index (χ3n) is 3.76. The second kappa shape index (κ2) is 8.75. The maximum atomic E-state index is 12.2. The molecule has 0 saturated heterocycles. The van der Waals surface area contributed by atoms with Crippen LogP contribution in [0, 0.1) is 0 Å². The molecule has 134 valence electrons. The number of benzene rings is 1. The first-order valence-electron chi connectivity index (χ1n) is 8.59. The second-order valence-electron chi connectivity index (χ2n) is 5.77. The van der Waals surface area contributed by atoms with Crippen molar-refractivity contribution in [2.45, 2.75) is 26.3 Å². The first-order chi connectivity index (χ1) is 12.8. The SMILES string of the molecule is CCCCOc1ccc(C(=O)NCc2cn(-c3cccnc3)nn2)cc1. The number of carbonyl (C=O) groups is 1. The Kier molecular flexibility index (Phi) is 5.92. The van der Waals surface area contributed by atoms with E-state index in [2.05, 4.69) is 27.5 Å². The van der Waals surface area contributed by atoms with Gasteiger partial charge in [0.15, 0.2) is 0 Å². The summed E-state index contributed by atoms with van der Waals surface area (Å²) in [5.74, 6) is 0.607. The van der Waals surface area contributed by atoms with Gasteiger partial charge < -0.3 is 10.1 Å². The van der Waals surface area contributed by atoms with Crippen LogP contribution in [-0.4, -0.2) is 32.5 Å². The molecule has 0 radical (unpaired) electrons. The van der Waals surface area contributed by atoms with Gasteiger partial charge >= 0.3 is 0 Å². The normalized spacial score (nSPS) is 10.5. The molecule has 0 fully saturated rings. The first-order valence-corrected chi connectivity index (χ1v) is 8.59. The quantitative estimate of drug-likeness (QED) is 0.631. The number of aromatic nitrogens is 4. The van der Waals surface area contributed by atoms with E-state index in [9.17, 15) is 4.79 Å². The minimum atomic E-state index is -0.166. The third kappa shape index (κ3) is 4.66. The van der Waals surface area contributed by atoms with Crippen LogP contribution in [0.3, 0.4) is 0 Å². The Labute approximate surface area is 152 Å². The number of amides is 1. The number of unbranched alkanes of at least 4 members (excludes halogenated alkanes) is 1. The fourth-order valence-electron chi connectivity index (χ4n) is 2.30. The zero-order valence-corrected chi connectivity index (χ0v) is 14.6. The van der Waals surface area contributed by atoms with E-state index in [-0.39, 0.29) is 5.91 Å². The van der Waals surface area contributed by atoms with Crippen LogP contribution in [0.15, 0.2) is 55.0 Å². The van der Waals surface area contributed by atoms with Crippen LogP contribution in [0.1, 0.15) is 35.8 Å². The molecular formula is C19H21N5O2. The number of nitrogens with zero attached hydrogens (tertiary/aromatic N) is 4. The summed E-state index contributed by atoms with van der Waals surface area (Å²) in [6.07, 6.45) is 7.26. The van der Waals surface area contributed by atoms with E-state index in [0.29, 0.717) is 24.4 Å². The van der Waals surface area contributed by atoms with Crippen LogP contribution in [0.2, 0.25) is 0 Å². The van der Waals surface area contributed by atoms with Gasteiger partial charge in [0.25, 0.3) is 5.91 Å². The minimum absolute atomic E-state index is 0.166. The van der Waals surface area contributed by atoms with E-state index in [1.54, 1.807) is 35.4 Å². The molecule has 0 aliphatic rings. The Balaban J connectivity index is 1.53. The van der Waals surface area contributed by atoms with E-state index in [0.717, 1.165) is 24.3 Å². The molecule has 2 heterocycles. The topological polar surface area (TPSA) is 81.9 Å². The lowest BCUT2D eigenvalue weighted by Crippen LogP contribution is -2.22. The van der Waals surface area contributed by atoms with Gasteiger partial charge in [0, 0.05) is 11.8 Å². The monoisotopic (exact) mass is 351 g/mol. The standard InChI is InChI=1S/C19H21N5O2/c1-2-3-11-26-18-8-6-15(7-9-18)19(25)21-12-16-14-24(23-22-16)17-5-4-10-20-13-17/h4-10,13-14H,2-3,11-12H2,1H3,(H,21,25). The number of rotatable bonds is 8. The Morgan fingerprint density at radius 1 is 1.23 bits per heavy atom. The molecule has 0 unspecified atom stereocenters. The summed E-state index contributed by atoms with van der Waals surface area (Å²) in [5.41, 5.74) is 2.06. The van der Waals surface area contributed by atoms with Crippen LogP contribution >= 0.6 is 0 Å². The molecule has 7 nitrogen and oxygen atoms in total. The molecule has 0 bridgehead atoms. The fraction of sp³-hybridized carbons (Fsp3) is 0.263.